The Morgan fingerprint density at radius 1 is 1.08 bits per heavy atom. The first-order valence-corrected chi connectivity index (χ1v) is 9.03. The van der Waals surface area contributed by atoms with E-state index in [9.17, 15) is 22.8 Å². The summed E-state index contributed by atoms with van der Waals surface area (Å²) in [6.07, 6.45) is 0.248. The monoisotopic (exact) mass is 366 g/mol. The highest BCUT2D eigenvalue weighted by atomic mass is 32.2. The van der Waals surface area contributed by atoms with Crippen LogP contribution < -0.4 is 13.9 Å². The van der Waals surface area contributed by atoms with Gasteiger partial charge in [0.1, 0.15) is 6.54 Å². The van der Waals surface area contributed by atoms with Gasteiger partial charge in [0, 0.05) is 32.6 Å². The first kappa shape index (κ1) is 17.2. The molecule has 25 heavy (non-hydrogen) atoms. The van der Waals surface area contributed by atoms with Crippen molar-refractivity contribution in [3.05, 3.63) is 17.7 Å². The van der Waals surface area contributed by atoms with Gasteiger partial charge in [-0.2, -0.15) is 8.42 Å². The number of hydrogen-bond donors (Lipinski definition) is 1. The number of aryl methyl sites for hydroxylation is 1. The van der Waals surface area contributed by atoms with Crippen LogP contribution in [0.3, 0.4) is 0 Å². The average Bonchev–Trinajstić information content (AvgIpc) is 2.93. The van der Waals surface area contributed by atoms with Gasteiger partial charge in [0.15, 0.2) is 0 Å². The Bertz CT molecular complexity index is 879. The van der Waals surface area contributed by atoms with E-state index in [1.807, 2.05) is 0 Å². The first-order chi connectivity index (χ1) is 11.6. The number of nitrogens with one attached hydrogen (secondary N) is 1. The van der Waals surface area contributed by atoms with Crippen molar-refractivity contribution < 1.29 is 22.8 Å². The Morgan fingerprint density at radius 3 is 2.16 bits per heavy atom. The molecule has 0 spiro atoms. The second kappa shape index (κ2) is 5.73. The highest BCUT2D eigenvalue weighted by Gasteiger charge is 2.36. The van der Waals surface area contributed by atoms with Gasteiger partial charge in [0.2, 0.25) is 17.7 Å². The van der Waals surface area contributed by atoms with Crippen LogP contribution >= 0.6 is 0 Å². The maximum Gasteiger partial charge on any atom is 0.326 e. The normalized spacial score (nSPS) is 18.8. The highest BCUT2D eigenvalue weighted by Crippen LogP contribution is 2.41. The molecule has 0 aliphatic carbocycles. The molecule has 0 bridgehead atoms. The summed E-state index contributed by atoms with van der Waals surface area (Å²) in [6.45, 7) is 1.39. The van der Waals surface area contributed by atoms with E-state index >= 15 is 0 Å². The fourth-order valence-corrected chi connectivity index (χ4v) is 4.04. The molecule has 1 aromatic rings. The van der Waals surface area contributed by atoms with E-state index in [2.05, 4.69) is 5.32 Å². The van der Waals surface area contributed by atoms with Gasteiger partial charge < -0.3 is 5.32 Å². The summed E-state index contributed by atoms with van der Waals surface area (Å²) >= 11 is 0. The zero-order valence-corrected chi connectivity index (χ0v) is 14.9. The molecule has 3 amide bonds. The first-order valence-electron chi connectivity index (χ1n) is 7.63. The highest BCUT2D eigenvalue weighted by molar-refractivity contribution is 7.94. The summed E-state index contributed by atoms with van der Waals surface area (Å²) in [5, 5.41) is 2.65. The molecule has 0 aromatic heterocycles. The van der Waals surface area contributed by atoms with Crippen molar-refractivity contribution in [2.45, 2.75) is 19.8 Å². The van der Waals surface area contributed by atoms with Gasteiger partial charge in [0.05, 0.1) is 11.4 Å². The third-order valence-corrected chi connectivity index (χ3v) is 6.20. The van der Waals surface area contributed by atoms with E-state index in [1.54, 1.807) is 19.1 Å². The number of likely N-dealkylation sites (tertiary alicyclic amines) is 1. The number of hydrogen-bond acceptors (Lipinski definition) is 5. The largest absolute Gasteiger partial charge is 0.326 e. The van der Waals surface area contributed by atoms with Crippen molar-refractivity contribution in [2.24, 2.45) is 0 Å². The maximum absolute atomic E-state index is 12.2. The van der Waals surface area contributed by atoms with Crippen molar-refractivity contribution in [2.75, 3.05) is 34.6 Å². The van der Waals surface area contributed by atoms with E-state index in [1.165, 1.54) is 18.4 Å². The molecule has 2 aliphatic rings. The van der Waals surface area contributed by atoms with Crippen LogP contribution in [0.2, 0.25) is 0 Å². The van der Waals surface area contributed by atoms with Crippen LogP contribution in [0.4, 0.5) is 17.1 Å². The van der Waals surface area contributed by atoms with E-state index in [0.717, 1.165) is 9.21 Å². The molecule has 1 N–H and O–H groups in total. The zero-order chi connectivity index (χ0) is 18.5. The Labute approximate surface area is 145 Å². The third-order valence-electron chi connectivity index (χ3n) is 4.42. The quantitative estimate of drug-likeness (QED) is 0.770. The standard InChI is InChI=1S/C15H18N4O5S/c1-9-6-11-12(18(3)25(23,24)17(11)2)7-10(9)16-13(20)8-19-14(21)4-5-15(19)22/h6-7H,4-5,8H2,1-3H3,(H,16,20). The number of nitrogens with zero attached hydrogens (tertiary/aromatic N) is 3. The van der Waals surface area contributed by atoms with Crippen LogP contribution in [0.15, 0.2) is 12.1 Å². The van der Waals surface area contributed by atoms with Gasteiger partial charge >= 0.3 is 10.2 Å². The Hall–Kier alpha value is -2.62. The fraction of sp³-hybridized carbons (Fsp3) is 0.400. The second-order valence-corrected chi connectivity index (χ2v) is 8.01. The molecule has 0 saturated carbocycles. The van der Waals surface area contributed by atoms with Crippen molar-refractivity contribution in [1.29, 1.82) is 0 Å². The number of amides is 3. The van der Waals surface area contributed by atoms with Crippen molar-refractivity contribution >= 4 is 45.0 Å². The van der Waals surface area contributed by atoms with Gasteiger partial charge in [-0.15, -0.1) is 0 Å². The van der Waals surface area contributed by atoms with Crippen molar-refractivity contribution in [3.8, 4) is 0 Å². The van der Waals surface area contributed by atoms with Crippen LogP contribution in [-0.2, 0) is 24.6 Å². The van der Waals surface area contributed by atoms with Crippen LogP contribution in [-0.4, -0.2) is 51.7 Å². The number of fused-ring (bicyclic) bond motifs is 1. The summed E-state index contributed by atoms with van der Waals surface area (Å²) in [5.41, 5.74) is 2.06. The summed E-state index contributed by atoms with van der Waals surface area (Å²) in [7, 11) is -0.713. The molecule has 2 heterocycles. The number of imide groups is 1. The summed E-state index contributed by atoms with van der Waals surface area (Å²) in [5.74, 6) is -1.24. The van der Waals surface area contributed by atoms with E-state index in [0.29, 0.717) is 22.6 Å². The third kappa shape index (κ3) is 2.72. The predicted molar refractivity (Wildman–Crippen MR) is 91.5 cm³/mol. The maximum atomic E-state index is 12.2. The molecule has 1 saturated heterocycles. The minimum absolute atomic E-state index is 0.124. The van der Waals surface area contributed by atoms with Gasteiger partial charge in [-0.05, 0) is 24.6 Å². The van der Waals surface area contributed by atoms with Crippen molar-refractivity contribution in [1.82, 2.24) is 4.90 Å². The minimum Gasteiger partial charge on any atom is -0.324 e. The average molecular weight is 366 g/mol. The zero-order valence-electron chi connectivity index (χ0n) is 14.1. The Morgan fingerprint density at radius 2 is 1.60 bits per heavy atom. The van der Waals surface area contributed by atoms with Crippen LogP contribution in [0.1, 0.15) is 18.4 Å². The molecule has 1 fully saturated rings. The van der Waals surface area contributed by atoms with E-state index < -0.39 is 16.1 Å². The number of anilines is 3. The molecule has 3 rings (SSSR count). The van der Waals surface area contributed by atoms with E-state index in [-0.39, 0.29) is 31.2 Å². The topological polar surface area (TPSA) is 107 Å². The molecule has 134 valence electrons. The number of carbonyl (C=O) groups excluding carboxylic acids is 3. The molecule has 2 aliphatic heterocycles. The molecule has 9 nitrogen and oxygen atoms in total. The van der Waals surface area contributed by atoms with Crippen LogP contribution in [0.5, 0.6) is 0 Å². The van der Waals surface area contributed by atoms with Gasteiger partial charge in [-0.1, -0.05) is 0 Å². The Balaban J connectivity index is 1.83. The number of rotatable bonds is 3. The fourth-order valence-electron chi connectivity index (χ4n) is 2.89. The lowest BCUT2D eigenvalue weighted by atomic mass is 10.1. The minimum atomic E-state index is -3.60. The molecule has 0 radical (unpaired) electrons. The molecule has 10 heteroatoms. The lowest BCUT2D eigenvalue weighted by Gasteiger charge is -2.16. The summed E-state index contributed by atoms with van der Waals surface area (Å²) in [6, 6.07) is 3.23. The van der Waals surface area contributed by atoms with Gasteiger partial charge in [-0.25, -0.2) is 0 Å². The molecule has 0 unspecified atom stereocenters. The predicted octanol–water partition coefficient (Wildman–Crippen LogP) is 0.213. The lowest BCUT2D eigenvalue weighted by Crippen LogP contribution is -2.37. The Kier molecular flexibility index (Phi) is 3.94. The lowest BCUT2D eigenvalue weighted by molar-refractivity contribution is -0.141. The van der Waals surface area contributed by atoms with Gasteiger partial charge in [0.25, 0.3) is 0 Å². The number of benzene rings is 1. The smallest absolute Gasteiger partial charge is 0.324 e. The summed E-state index contributed by atoms with van der Waals surface area (Å²) < 4.78 is 26.7. The van der Waals surface area contributed by atoms with Gasteiger partial charge in [-0.3, -0.25) is 27.9 Å². The SMILES string of the molecule is Cc1cc2c(cc1NC(=O)CN1C(=O)CCC1=O)N(C)S(=O)(=O)N2C. The van der Waals surface area contributed by atoms with E-state index in [4.69, 9.17) is 0 Å². The van der Waals surface area contributed by atoms with Crippen LogP contribution in [0.25, 0.3) is 0 Å². The second-order valence-electron chi connectivity index (χ2n) is 6.02. The molecule has 1 aromatic carbocycles. The molecular weight excluding hydrogens is 348 g/mol. The molecule has 0 atom stereocenters. The molecular formula is C15H18N4O5S. The number of carbonyl (C=O) groups is 3. The van der Waals surface area contributed by atoms with Crippen molar-refractivity contribution in [3.63, 3.8) is 0 Å². The van der Waals surface area contributed by atoms with Crippen LogP contribution in [0, 0.1) is 6.92 Å². The summed E-state index contributed by atoms with van der Waals surface area (Å²) in [4.78, 5) is 36.3.